The second-order valence-corrected chi connectivity index (χ2v) is 3.19. The molecule has 2 N–H and O–H groups in total. The molecule has 1 fully saturated rings. The smallest absolute Gasteiger partial charge is 0.0901 e. The monoisotopic (exact) mass is 175 g/mol. The molecule has 12 heavy (non-hydrogen) atoms. The van der Waals surface area contributed by atoms with Crippen molar-refractivity contribution in [2.45, 2.75) is 32.3 Å². The Kier molecular flexibility index (Phi) is 5.46. The van der Waals surface area contributed by atoms with Gasteiger partial charge in [-0.25, -0.2) is 0 Å². The van der Waals surface area contributed by atoms with Crippen molar-refractivity contribution in [3.8, 4) is 0 Å². The number of hydrogen-bond donors (Lipinski definition) is 2. The quantitative estimate of drug-likeness (QED) is 0.608. The zero-order valence-electron chi connectivity index (χ0n) is 8.38. The van der Waals surface area contributed by atoms with Gasteiger partial charge < -0.3 is 15.1 Å². The second-order valence-electron chi connectivity index (χ2n) is 3.19. The third-order valence-corrected chi connectivity index (χ3v) is 2.21. The number of nitrogens with zero attached hydrogens (tertiary/aromatic N) is 1. The van der Waals surface area contributed by atoms with E-state index in [9.17, 15) is 5.11 Å². The van der Waals surface area contributed by atoms with Crippen molar-refractivity contribution in [1.82, 2.24) is 4.90 Å². The van der Waals surface area contributed by atoms with Gasteiger partial charge in [-0.2, -0.15) is 0 Å². The van der Waals surface area contributed by atoms with Crippen molar-refractivity contribution >= 4 is 0 Å². The van der Waals surface area contributed by atoms with Crippen molar-refractivity contribution in [2.24, 2.45) is 0 Å². The molecule has 0 atom stereocenters. The van der Waals surface area contributed by atoms with E-state index in [1.807, 2.05) is 20.9 Å². The van der Waals surface area contributed by atoms with Crippen LogP contribution in [0.3, 0.4) is 0 Å². The van der Waals surface area contributed by atoms with Gasteiger partial charge >= 0.3 is 0 Å². The molecule has 0 aromatic rings. The molecule has 0 aliphatic carbocycles. The van der Waals surface area contributed by atoms with Crippen LogP contribution in [-0.4, -0.2) is 47.5 Å². The number of rotatable bonds is 1. The molecule has 0 bridgehead atoms. The van der Waals surface area contributed by atoms with Crippen LogP contribution in [-0.2, 0) is 0 Å². The normalized spacial score (nSPS) is 22.8. The summed E-state index contributed by atoms with van der Waals surface area (Å²) in [4.78, 5) is 2.16. The zero-order chi connectivity index (χ0) is 9.61. The fourth-order valence-electron chi connectivity index (χ4n) is 1.19. The summed E-state index contributed by atoms with van der Waals surface area (Å²) in [7, 11) is 2.02. The first-order chi connectivity index (χ1) is 5.66. The van der Waals surface area contributed by atoms with Crippen LogP contribution in [0.2, 0.25) is 0 Å². The second kappa shape index (κ2) is 5.51. The summed E-state index contributed by atoms with van der Waals surface area (Å²) in [6, 6.07) is 0. The predicted molar refractivity (Wildman–Crippen MR) is 50.1 cm³/mol. The van der Waals surface area contributed by atoms with Crippen molar-refractivity contribution in [2.75, 3.05) is 26.7 Å². The number of piperidine rings is 1. The van der Waals surface area contributed by atoms with Crippen LogP contribution >= 0.6 is 0 Å². The Morgan fingerprint density at radius 3 is 2.00 bits per heavy atom. The van der Waals surface area contributed by atoms with E-state index < -0.39 is 5.60 Å². The number of hydrogen-bond acceptors (Lipinski definition) is 3. The first-order valence-electron chi connectivity index (χ1n) is 4.68. The van der Waals surface area contributed by atoms with Gasteiger partial charge in [0.1, 0.15) is 0 Å². The van der Waals surface area contributed by atoms with Gasteiger partial charge in [-0.3, -0.25) is 0 Å². The SMILES string of the molecule is CC.CN1CCC(O)(CO)CC1. The Morgan fingerprint density at radius 2 is 1.67 bits per heavy atom. The highest BCUT2D eigenvalue weighted by Crippen LogP contribution is 2.19. The lowest BCUT2D eigenvalue weighted by Gasteiger charge is -2.34. The van der Waals surface area contributed by atoms with Gasteiger partial charge in [-0.05, 0) is 19.9 Å². The Hall–Kier alpha value is -0.120. The molecular weight excluding hydrogens is 154 g/mol. The number of aliphatic hydroxyl groups is 2. The summed E-state index contributed by atoms with van der Waals surface area (Å²) in [5, 5.41) is 18.3. The van der Waals surface area contributed by atoms with Crippen LogP contribution in [0.25, 0.3) is 0 Å². The number of aliphatic hydroxyl groups excluding tert-OH is 1. The van der Waals surface area contributed by atoms with Crippen LogP contribution < -0.4 is 0 Å². The molecule has 1 heterocycles. The van der Waals surface area contributed by atoms with Crippen LogP contribution in [0.4, 0.5) is 0 Å². The molecule has 0 spiro atoms. The van der Waals surface area contributed by atoms with E-state index in [1.165, 1.54) is 0 Å². The van der Waals surface area contributed by atoms with Gasteiger partial charge in [0.05, 0.1) is 12.2 Å². The topological polar surface area (TPSA) is 43.7 Å². The van der Waals surface area contributed by atoms with Crippen molar-refractivity contribution < 1.29 is 10.2 Å². The summed E-state index contributed by atoms with van der Waals surface area (Å²) in [6.07, 6.45) is 1.39. The van der Waals surface area contributed by atoms with Crippen LogP contribution in [0.15, 0.2) is 0 Å². The Labute approximate surface area is 75.0 Å². The molecule has 0 radical (unpaired) electrons. The molecule has 1 aliphatic rings. The molecule has 3 nitrogen and oxygen atoms in total. The van der Waals surface area contributed by atoms with Gasteiger partial charge in [0.25, 0.3) is 0 Å². The molecule has 1 saturated heterocycles. The molecule has 1 rings (SSSR count). The number of likely N-dealkylation sites (tertiary alicyclic amines) is 1. The molecule has 0 saturated carbocycles. The highest BCUT2D eigenvalue weighted by atomic mass is 16.3. The summed E-state index contributed by atoms with van der Waals surface area (Å²) in [5.74, 6) is 0. The molecule has 0 amide bonds. The van der Waals surface area contributed by atoms with Crippen molar-refractivity contribution in [3.05, 3.63) is 0 Å². The first kappa shape index (κ1) is 11.9. The average Bonchev–Trinajstić information content (AvgIpc) is 2.14. The fourth-order valence-corrected chi connectivity index (χ4v) is 1.19. The predicted octanol–water partition coefficient (Wildman–Crippen LogP) is 0.462. The summed E-state index contributed by atoms with van der Waals surface area (Å²) < 4.78 is 0. The molecule has 0 unspecified atom stereocenters. The third kappa shape index (κ3) is 3.52. The highest BCUT2D eigenvalue weighted by molar-refractivity contribution is 4.83. The van der Waals surface area contributed by atoms with E-state index in [0.717, 1.165) is 13.1 Å². The van der Waals surface area contributed by atoms with E-state index >= 15 is 0 Å². The summed E-state index contributed by atoms with van der Waals surface area (Å²) in [6.45, 7) is 5.68. The largest absolute Gasteiger partial charge is 0.393 e. The van der Waals surface area contributed by atoms with E-state index in [0.29, 0.717) is 12.8 Å². The lowest BCUT2D eigenvalue weighted by atomic mass is 9.93. The van der Waals surface area contributed by atoms with Gasteiger partial charge in [-0.15, -0.1) is 0 Å². The minimum atomic E-state index is -0.785. The van der Waals surface area contributed by atoms with E-state index in [1.54, 1.807) is 0 Å². The highest BCUT2D eigenvalue weighted by Gasteiger charge is 2.29. The van der Waals surface area contributed by atoms with Crippen LogP contribution in [0, 0.1) is 0 Å². The van der Waals surface area contributed by atoms with E-state index in [-0.39, 0.29) is 6.61 Å². The molecular formula is C9H21NO2. The van der Waals surface area contributed by atoms with Crippen molar-refractivity contribution in [1.29, 1.82) is 0 Å². The maximum absolute atomic E-state index is 9.52. The standard InChI is InChI=1S/C7H15NO2.C2H6/c1-8-4-2-7(10,6-9)3-5-8;1-2/h9-10H,2-6H2,1H3;1-2H3. The van der Waals surface area contributed by atoms with Crippen LogP contribution in [0.5, 0.6) is 0 Å². The van der Waals surface area contributed by atoms with Gasteiger partial charge in [0.2, 0.25) is 0 Å². The summed E-state index contributed by atoms with van der Waals surface area (Å²) in [5.41, 5.74) is -0.785. The Balaban J connectivity index is 0.000000561. The van der Waals surface area contributed by atoms with Crippen molar-refractivity contribution in [3.63, 3.8) is 0 Å². The minimum Gasteiger partial charge on any atom is -0.393 e. The lowest BCUT2D eigenvalue weighted by molar-refractivity contribution is -0.0555. The van der Waals surface area contributed by atoms with Gasteiger partial charge in [0, 0.05) is 13.1 Å². The summed E-state index contributed by atoms with van der Waals surface area (Å²) >= 11 is 0. The molecule has 0 aromatic heterocycles. The fraction of sp³-hybridized carbons (Fsp3) is 1.00. The Bertz CT molecular complexity index is 109. The average molecular weight is 175 g/mol. The zero-order valence-corrected chi connectivity index (χ0v) is 8.38. The van der Waals surface area contributed by atoms with Crippen LogP contribution in [0.1, 0.15) is 26.7 Å². The van der Waals surface area contributed by atoms with E-state index in [4.69, 9.17) is 5.11 Å². The Morgan fingerprint density at radius 1 is 1.25 bits per heavy atom. The first-order valence-corrected chi connectivity index (χ1v) is 4.68. The third-order valence-electron chi connectivity index (χ3n) is 2.21. The molecule has 3 heteroatoms. The molecule has 1 aliphatic heterocycles. The lowest BCUT2D eigenvalue weighted by Crippen LogP contribution is -2.45. The van der Waals surface area contributed by atoms with E-state index in [2.05, 4.69) is 4.90 Å². The van der Waals surface area contributed by atoms with Gasteiger partial charge in [-0.1, -0.05) is 13.8 Å². The molecule has 74 valence electrons. The molecule has 0 aromatic carbocycles. The van der Waals surface area contributed by atoms with Gasteiger partial charge in [0.15, 0.2) is 0 Å². The maximum atomic E-state index is 9.52. The minimum absolute atomic E-state index is 0.0964. The maximum Gasteiger partial charge on any atom is 0.0901 e.